The molecule has 0 spiro atoms. The van der Waals surface area contributed by atoms with Crippen LogP contribution in [-0.2, 0) is 32.8 Å². The summed E-state index contributed by atoms with van der Waals surface area (Å²) >= 11 is 0. The molecule has 0 N–H and O–H groups in total. The number of hydrogen-bond acceptors (Lipinski definition) is 9. The van der Waals surface area contributed by atoms with Gasteiger partial charge in [-0.25, -0.2) is 0 Å². The average Bonchev–Trinajstić information content (AvgIpc) is 2.82. The van der Waals surface area contributed by atoms with Crippen molar-refractivity contribution in [1.29, 1.82) is 0 Å². The molecule has 0 atom stereocenters. The molecular formula is C24H42O9Si. The predicted octanol–water partition coefficient (Wildman–Crippen LogP) is 2.83. The summed E-state index contributed by atoms with van der Waals surface area (Å²) in [7, 11) is -1.44. The molecular weight excluding hydrogens is 460 g/mol. The summed E-state index contributed by atoms with van der Waals surface area (Å²) in [5.74, 6) is 0.711. The van der Waals surface area contributed by atoms with Crippen molar-refractivity contribution >= 4 is 14.6 Å². The van der Waals surface area contributed by atoms with E-state index in [4.69, 9.17) is 37.6 Å². The number of hydrogen-bond donors (Lipinski definition) is 0. The summed E-state index contributed by atoms with van der Waals surface area (Å²) < 4.78 is 43.9. The Morgan fingerprint density at radius 3 is 1.26 bits per heavy atom. The number of benzene rings is 1. The molecule has 0 aliphatic rings. The maximum atomic E-state index is 10.6. The molecule has 0 saturated carbocycles. The van der Waals surface area contributed by atoms with Crippen molar-refractivity contribution < 1.29 is 42.4 Å². The van der Waals surface area contributed by atoms with Gasteiger partial charge >= 0.3 is 0 Å². The van der Waals surface area contributed by atoms with E-state index in [9.17, 15) is 4.79 Å². The van der Waals surface area contributed by atoms with Gasteiger partial charge in [-0.05, 0) is 43.9 Å². The van der Waals surface area contributed by atoms with Gasteiger partial charge in [0.1, 0.15) is 18.6 Å². The first kappa shape index (κ1) is 30.7. The predicted molar refractivity (Wildman–Crippen MR) is 132 cm³/mol. The number of aldehydes is 1. The highest BCUT2D eigenvalue weighted by Gasteiger charge is 2.13. The van der Waals surface area contributed by atoms with E-state index in [1.54, 1.807) is 24.3 Å². The smallest absolute Gasteiger partial charge is 0.183 e. The zero-order valence-electron chi connectivity index (χ0n) is 21.0. The summed E-state index contributed by atoms with van der Waals surface area (Å²) in [6.07, 6.45) is 0.801. The van der Waals surface area contributed by atoms with Gasteiger partial charge < -0.3 is 37.6 Å². The molecule has 1 aromatic rings. The highest BCUT2D eigenvalue weighted by molar-refractivity contribution is 6.69. The quantitative estimate of drug-likeness (QED) is 0.120. The summed E-state index contributed by atoms with van der Waals surface area (Å²) in [6, 6.07) is 6.95. The van der Waals surface area contributed by atoms with E-state index in [0.717, 1.165) is 6.29 Å². The fourth-order valence-corrected chi connectivity index (χ4v) is 3.17. The van der Waals surface area contributed by atoms with Crippen LogP contribution in [0.5, 0.6) is 5.75 Å². The van der Waals surface area contributed by atoms with E-state index in [-0.39, 0.29) is 0 Å². The van der Waals surface area contributed by atoms with E-state index in [1.807, 2.05) is 0 Å². The maximum absolute atomic E-state index is 10.6. The van der Waals surface area contributed by atoms with E-state index in [1.165, 1.54) is 0 Å². The standard InChI is InChI=1S/C24H42O9Si/c1-34(2,3)33-21-19-31-17-15-29-13-11-27-9-8-26-10-12-28-14-16-30-18-20-32-24-6-4-23(22-25)5-7-24/h4-7,22H,8-21H2,1-3H3. The maximum Gasteiger partial charge on any atom is 0.183 e. The molecule has 0 aromatic heterocycles. The second kappa shape index (κ2) is 21.0. The Bertz CT molecular complexity index is 593. The van der Waals surface area contributed by atoms with Crippen molar-refractivity contribution in [2.75, 3.05) is 92.5 Å². The molecule has 0 fully saturated rings. The first-order chi connectivity index (χ1) is 16.5. The first-order valence-electron chi connectivity index (χ1n) is 11.8. The van der Waals surface area contributed by atoms with Crippen LogP contribution < -0.4 is 4.74 Å². The molecule has 0 aliphatic carbocycles. The Labute approximate surface area is 205 Å². The minimum atomic E-state index is -1.44. The lowest BCUT2D eigenvalue weighted by Gasteiger charge is -2.16. The summed E-state index contributed by atoms with van der Waals surface area (Å²) in [5.41, 5.74) is 0.624. The molecule has 196 valence electrons. The molecule has 0 aliphatic heterocycles. The minimum absolute atomic E-state index is 0.441. The normalized spacial score (nSPS) is 11.6. The molecule has 0 bridgehead atoms. The molecule has 0 heterocycles. The Balaban J connectivity index is 1.71. The summed E-state index contributed by atoms with van der Waals surface area (Å²) in [5, 5.41) is 0. The van der Waals surface area contributed by atoms with E-state index >= 15 is 0 Å². The van der Waals surface area contributed by atoms with Gasteiger partial charge in [-0.15, -0.1) is 0 Å². The summed E-state index contributed by atoms with van der Waals surface area (Å²) in [6.45, 7) is 13.9. The van der Waals surface area contributed by atoms with Crippen LogP contribution in [0.2, 0.25) is 19.6 Å². The SMILES string of the molecule is C[Si](C)(C)OCCOCCOCCOCCOCCOCCOCCOc1ccc(C=O)cc1. The van der Waals surface area contributed by atoms with Gasteiger partial charge in [0.25, 0.3) is 0 Å². The zero-order chi connectivity index (χ0) is 24.7. The number of carbonyl (C=O) groups excluding carboxylic acids is 1. The zero-order valence-corrected chi connectivity index (χ0v) is 22.0. The minimum Gasteiger partial charge on any atom is -0.491 e. The van der Waals surface area contributed by atoms with Crippen LogP contribution in [0.4, 0.5) is 0 Å². The topological polar surface area (TPSA) is 90.9 Å². The van der Waals surface area contributed by atoms with Crippen LogP contribution in [0.1, 0.15) is 10.4 Å². The molecule has 10 heteroatoms. The molecule has 0 unspecified atom stereocenters. The van der Waals surface area contributed by atoms with Crippen molar-refractivity contribution in [2.24, 2.45) is 0 Å². The molecule has 0 radical (unpaired) electrons. The van der Waals surface area contributed by atoms with Gasteiger partial charge in [0, 0.05) is 5.56 Å². The third-order valence-corrected chi connectivity index (χ3v) is 5.21. The van der Waals surface area contributed by atoms with Crippen molar-refractivity contribution in [1.82, 2.24) is 0 Å². The molecule has 1 rings (SSSR count). The largest absolute Gasteiger partial charge is 0.491 e. The summed E-state index contributed by atoms with van der Waals surface area (Å²) in [4.78, 5) is 10.6. The van der Waals surface area contributed by atoms with Gasteiger partial charge in [-0.1, -0.05) is 0 Å². The third kappa shape index (κ3) is 20.0. The Morgan fingerprint density at radius 1 is 0.559 bits per heavy atom. The van der Waals surface area contributed by atoms with E-state index in [2.05, 4.69) is 19.6 Å². The average molecular weight is 503 g/mol. The van der Waals surface area contributed by atoms with Crippen molar-refractivity contribution in [3.63, 3.8) is 0 Å². The van der Waals surface area contributed by atoms with Gasteiger partial charge in [0.05, 0.1) is 85.9 Å². The lowest BCUT2D eigenvalue weighted by molar-refractivity contribution is -0.0188. The molecule has 9 nitrogen and oxygen atoms in total. The van der Waals surface area contributed by atoms with Crippen LogP contribution in [0, 0.1) is 0 Å². The lowest BCUT2D eigenvalue weighted by atomic mass is 10.2. The molecule has 1 aromatic carbocycles. The fourth-order valence-electron chi connectivity index (χ4n) is 2.47. The van der Waals surface area contributed by atoms with E-state index < -0.39 is 8.32 Å². The third-order valence-electron chi connectivity index (χ3n) is 4.14. The van der Waals surface area contributed by atoms with Crippen LogP contribution in [0.25, 0.3) is 0 Å². The second-order valence-corrected chi connectivity index (χ2v) is 12.7. The lowest BCUT2D eigenvalue weighted by Crippen LogP contribution is -2.27. The molecule has 34 heavy (non-hydrogen) atoms. The van der Waals surface area contributed by atoms with Crippen LogP contribution >= 0.6 is 0 Å². The Hall–Kier alpha value is -1.37. The molecule has 0 amide bonds. The monoisotopic (exact) mass is 502 g/mol. The van der Waals surface area contributed by atoms with Crippen LogP contribution in [0.15, 0.2) is 24.3 Å². The van der Waals surface area contributed by atoms with Gasteiger partial charge in [-0.2, -0.15) is 0 Å². The number of rotatable bonds is 24. The number of carbonyl (C=O) groups is 1. The van der Waals surface area contributed by atoms with Gasteiger partial charge in [-0.3, -0.25) is 4.79 Å². The second-order valence-electron chi connectivity index (χ2n) is 8.17. The van der Waals surface area contributed by atoms with Gasteiger partial charge in [0.15, 0.2) is 8.32 Å². The highest BCUT2D eigenvalue weighted by Crippen LogP contribution is 2.10. The Kier molecular flexibility index (Phi) is 18.9. The first-order valence-corrected chi connectivity index (χ1v) is 15.2. The molecule has 0 saturated heterocycles. The number of ether oxygens (including phenoxy) is 7. The van der Waals surface area contributed by atoms with Crippen LogP contribution in [0.3, 0.4) is 0 Å². The van der Waals surface area contributed by atoms with Crippen molar-refractivity contribution in [2.45, 2.75) is 19.6 Å². The van der Waals surface area contributed by atoms with Gasteiger partial charge in [0.2, 0.25) is 0 Å². The van der Waals surface area contributed by atoms with Crippen molar-refractivity contribution in [3.8, 4) is 5.75 Å². The Morgan fingerprint density at radius 2 is 0.912 bits per heavy atom. The highest BCUT2D eigenvalue weighted by atomic mass is 28.4. The van der Waals surface area contributed by atoms with Crippen molar-refractivity contribution in [3.05, 3.63) is 29.8 Å². The van der Waals surface area contributed by atoms with Crippen LogP contribution in [-0.4, -0.2) is 107 Å². The van der Waals surface area contributed by atoms with E-state index in [0.29, 0.717) is 104 Å². The fraction of sp³-hybridized carbons (Fsp3) is 0.708.